The molecular formula is C42H39F6N2O3. The summed E-state index contributed by atoms with van der Waals surface area (Å²) >= 11 is 0. The van der Waals surface area contributed by atoms with Crippen LogP contribution in [0.25, 0.3) is 0 Å². The number of nitrogens with zero attached hydrogens (tertiary/aromatic N) is 2. The van der Waals surface area contributed by atoms with Crippen LogP contribution in [0.2, 0.25) is 0 Å². The summed E-state index contributed by atoms with van der Waals surface area (Å²) in [6, 6.07) is 18.3. The molecule has 4 rings (SSSR count). The largest absolute Gasteiger partial charge is 0.495 e. The minimum atomic E-state index is -5.89. The Morgan fingerprint density at radius 2 is 1.17 bits per heavy atom. The molecule has 11 heteroatoms. The minimum Gasteiger partial charge on any atom is -0.495 e. The van der Waals surface area contributed by atoms with Crippen LogP contribution in [-0.2, 0) is 5.41 Å². The van der Waals surface area contributed by atoms with E-state index in [1.54, 1.807) is 12.1 Å². The van der Waals surface area contributed by atoms with E-state index in [9.17, 15) is 4.79 Å². The third-order valence-electron chi connectivity index (χ3n) is 8.47. The standard InChI is InChI=1S/C42H39F6N2O3/c1-7-23-49(24-8-2)35-27-32(17-21-37(35)52-6)40(41(43,44)45,42(46,47)48)33-18-22-38(36(28-33)50(25-9-3)26-10-4)53-34-19-15-31(16-20-34)39(51)30-13-11-29(5)12-14-30/h7-22,25,27-28H,1-4,23-24,26H2,5-6H3. The first kappa shape index (κ1) is 40.1. The second-order valence-corrected chi connectivity index (χ2v) is 11.9. The molecule has 0 saturated heterocycles. The van der Waals surface area contributed by atoms with Gasteiger partial charge in [-0.15, -0.1) is 26.3 Å². The van der Waals surface area contributed by atoms with E-state index in [4.69, 9.17) is 9.47 Å². The first-order valence-corrected chi connectivity index (χ1v) is 16.3. The normalized spacial score (nSPS) is 11.7. The van der Waals surface area contributed by atoms with Gasteiger partial charge in [-0.25, -0.2) is 0 Å². The zero-order valence-corrected chi connectivity index (χ0v) is 29.3. The summed E-state index contributed by atoms with van der Waals surface area (Å²) in [5, 5.41) is 0. The summed E-state index contributed by atoms with van der Waals surface area (Å²) in [6.45, 7) is 18.1. The van der Waals surface area contributed by atoms with Crippen molar-refractivity contribution < 1.29 is 40.6 Å². The molecule has 0 aliphatic heterocycles. The van der Waals surface area contributed by atoms with Crippen molar-refractivity contribution in [3.8, 4) is 17.2 Å². The maximum Gasteiger partial charge on any atom is 0.411 e. The van der Waals surface area contributed by atoms with Crippen molar-refractivity contribution >= 4 is 17.2 Å². The third kappa shape index (κ3) is 8.35. The Morgan fingerprint density at radius 3 is 1.64 bits per heavy atom. The topological polar surface area (TPSA) is 42.0 Å². The maximum atomic E-state index is 15.5. The Balaban J connectivity index is 1.92. The molecule has 0 atom stereocenters. The van der Waals surface area contributed by atoms with Crippen LogP contribution in [0.1, 0.15) is 32.6 Å². The van der Waals surface area contributed by atoms with Crippen molar-refractivity contribution in [2.24, 2.45) is 0 Å². The van der Waals surface area contributed by atoms with E-state index >= 15 is 26.3 Å². The van der Waals surface area contributed by atoms with Gasteiger partial charge in [0.25, 0.3) is 0 Å². The molecule has 0 heterocycles. The van der Waals surface area contributed by atoms with Gasteiger partial charge in [0, 0.05) is 30.8 Å². The molecule has 0 amide bonds. The first-order chi connectivity index (χ1) is 25.2. The van der Waals surface area contributed by atoms with Crippen molar-refractivity contribution in [2.45, 2.75) is 24.7 Å². The van der Waals surface area contributed by atoms with Crippen molar-refractivity contribution in [3.63, 3.8) is 0 Å². The predicted molar refractivity (Wildman–Crippen MR) is 198 cm³/mol. The molecule has 0 saturated carbocycles. The van der Waals surface area contributed by atoms with Crippen LogP contribution < -0.4 is 19.3 Å². The van der Waals surface area contributed by atoms with E-state index in [0.29, 0.717) is 11.1 Å². The molecule has 0 aromatic heterocycles. The van der Waals surface area contributed by atoms with Gasteiger partial charge in [0.15, 0.2) is 11.5 Å². The molecule has 5 nitrogen and oxygen atoms in total. The number of ketones is 1. The summed E-state index contributed by atoms with van der Waals surface area (Å²) < 4.78 is 104. The number of carbonyl (C=O) groups excluding carboxylic acids is 1. The number of anilines is 2. The van der Waals surface area contributed by atoms with Crippen molar-refractivity contribution in [1.29, 1.82) is 0 Å². The Kier molecular flexibility index (Phi) is 12.7. The lowest BCUT2D eigenvalue weighted by Crippen LogP contribution is -2.54. The number of ether oxygens (including phenoxy) is 2. The number of benzene rings is 4. The minimum absolute atomic E-state index is 0.0135. The van der Waals surface area contributed by atoms with Crippen LogP contribution in [0, 0.1) is 13.5 Å². The Morgan fingerprint density at radius 1 is 0.679 bits per heavy atom. The molecule has 0 fully saturated rings. The van der Waals surface area contributed by atoms with Crippen LogP contribution in [0.15, 0.2) is 136 Å². The number of carbonyl (C=O) groups is 1. The highest BCUT2D eigenvalue weighted by Crippen LogP contribution is 2.58. The fourth-order valence-corrected chi connectivity index (χ4v) is 5.98. The fraction of sp³-hybridized carbons (Fsp3) is 0.190. The number of methoxy groups -OCH3 is 1. The SMILES string of the molecule is C=C[CH]N(CC=C)c1cc(C(c2ccc(OC)c(N(CC=C)CC=C)c2)(C(F)(F)F)C(F)(F)F)ccc1Oc1ccc(C(=O)c2ccc(C)cc2)cc1. The molecule has 4 aromatic rings. The highest BCUT2D eigenvalue weighted by Gasteiger charge is 2.72. The number of hydrogen-bond acceptors (Lipinski definition) is 5. The van der Waals surface area contributed by atoms with Crippen LogP contribution in [-0.4, -0.2) is 44.9 Å². The third-order valence-corrected chi connectivity index (χ3v) is 8.47. The van der Waals surface area contributed by atoms with Crippen LogP contribution in [0.3, 0.4) is 0 Å². The van der Waals surface area contributed by atoms with Crippen LogP contribution in [0.5, 0.6) is 17.2 Å². The molecule has 0 N–H and O–H groups in total. The van der Waals surface area contributed by atoms with E-state index in [1.807, 2.05) is 19.1 Å². The summed E-state index contributed by atoms with van der Waals surface area (Å²) in [7, 11) is 1.27. The Labute approximate surface area is 305 Å². The zero-order valence-electron chi connectivity index (χ0n) is 29.3. The maximum absolute atomic E-state index is 15.5. The molecule has 4 aromatic carbocycles. The highest BCUT2D eigenvalue weighted by atomic mass is 19.4. The molecule has 277 valence electrons. The highest BCUT2D eigenvalue weighted by molar-refractivity contribution is 6.09. The molecule has 53 heavy (non-hydrogen) atoms. The van der Waals surface area contributed by atoms with Gasteiger partial charge in [0.05, 0.1) is 25.0 Å². The van der Waals surface area contributed by atoms with Crippen LogP contribution >= 0.6 is 0 Å². The average molecular weight is 734 g/mol. The molecular weight excluding hydrogens is 694 g/mol. The lowest BCUT2D eigenvalue weighted by molar-refractivity contribution is -0.288. The van der Waals surface area contributed by atoms with E-state index < -0.39 is 28.9 Å². The summed E-state index contributed by atoms with van der Waals surface area (Å²) in [4.78, 5) is 15.9. The average Bonchev–Trinajstić information content (AvgIpc) is 3.11. The molecule has 0 bridgehead atoms. The smallest absolute Gasteiger partial charge is 0.411 e. The predicted octanol–water partition coefficient (Wildman–Crippen LogP) is 11.0. The molecule has 0 unspecified atom stereocenters. The van der Waals surface area contributed by atoms with Gasteiger partial charge in [0.2, 0.25) is 5.41 Å². The summed E-state index contributed by atoms with van der Waals surface area (Å²) in [6.07, 6.45) is -6.10. The van der Waals surface area contributed by atoms with Crippen molar-refractivity contribution in [1.82, 2.24) is 0 Å². The number of hydrogen-bond donors (Lipinski definition) is 0. The molecule has 0 spiro atoms. The van der Waals surface area contributed by atoms with Gasteiger partial charge < -0.3 is 19.3 Å². The van der Waals surface area contributed by atoms with Gasteiger partial charge in [-0.1, -0.05) is 66.3 Å². The van der Waals surface area contributed by atoms with E-state index in [-0.39, 0.29) is 54.0 Å². The number of aryl methyl sites for hydroxylation is 1. The second-order valence-electron chi connectivity index (χ2n) is 11.9. The van der Waals surface area contributed by atoms with Crippen molar-refractivity contribution in [3.05, 3.63) is 170 Å². The molecule has 1 radical (unpaired) electrons. The summed E-state index contributed by atoms with van der Waals surface area (Å²) in [5.74, 6) is -0.0693. The quantitative estimate of drug-likeness (QED) is 0.0614. The van der Waals surface area contributed by atoms with E-state index in [2.05, 4.69) is 26.3 Å². The number of halogens is 6. The Hall–Kier alpha value is -5.71. The van der Waals surface area contributed by atoms with Gasteiger partial charge in [-0.2, -0.15) is 26.3 Å². The van der Waals surface area contributed by atoms with Gasteiger partial charge >= 0.3 is 12.4 Å². The first-order valence-electron chi connectivity index (χ1n) is 16.3. The lowest BCUT2D eigenvalue weighted by atomic mass is 9.72. The van der Waals surface area contributed by atoms with E-state index in [0.717, 1.165) is 42.0 Å². The molecule has 0 aliphatic carbocycles. The molecule has 0 aliphatic rings. The van der Waals surface area contributed by atoms with Crippen LogP contribution in [0.4, 0.5) is 37.7 Å². The lowest BCUT2D eigenvalue weighted by Gasteiger charge is -2.39. The summed E-state index contributed by atoms with van der Waals surface area (Å²) in [5.41, 5.74) is -5.03. The van der Waals surface area contributed by atoms with E-state index in [1.165, 1.54) is 72.0 Å². The zero-order chi connectivity index (χ0) is 39.0. The van der Waals surface area contributed by atoms with Gasteiger partial charge in [0.1, 0.15) is 11.5 Å². The monoisotopic (exact) mass is 733 g/mol. The van der Waals surface area contributed by atoms with Crippen molar-refractivity contribution in [2.75, 3.05) is 36.5 Å². The van der Waals surface area contributed by atoms with Gasteiger partial charge in [-0.3, -0.25) is 4.79 Å². The van der Waals surface area contributed by atoms with Gasteiger partial charge in [-0.05, 0) is 66.6 Å². The fourth-order valence-electron chi connectivity index (χ4n) is 5.98. The number of rotatable bonds is 17. The number of alkyl halides is 6. The Bertz CT molecular complexity index is 1900. The second kappa shape index (κ2) is 16.8.